The van der Waals surface area contributed by atoms with E-state index in [1.54, 1.807) is 0 Å². The Morgan fingerprint density at radius 3 is 2.81 bits per heavy atom. The first-order chi connectivity index (χ1) is 7.65. The molecule has 1 aromatic rings. The molecule has 0 unspecified atom stereocenters. The Hall–Kier alpha value is -0.750. The maximum atomic E-state index is 8.48. The standard InChI is InChI=1S/C9H13Cl2N3O2/c10-6-5-7(11)9(14-8(6)12)13-1-3-16-4-2-15/h5,15H,1-4H2,(H3,12,13,14). The second-order valence-electron chi connectivity index (χ2n) is 2.95. The van der Waals surface area contributed by atoms with Crippen LogP contribution in [0.2, 0.25) is 10.0 Å². The SMILES string of the molecule is Nc1nc(NCCOCCO)c(Cl)cc1Cl. The topological polar surface area (TPSA) is 80.4 Å². The van der Waals surface area contributed by atoms with Gasteiger partial charge in [-0.1, -0.05) is 23.2 Å². The molecule has 90 valence electrons. The van der Waals surface area contributed by atoms with Crippen molar-refractivity contribution in [1.29, 1.82) is 0 Å². The third-order valence-electron chi connectivity index (χ3n) is 1.73. The number of nitrogens with zero attached hydrogens (tertiary/aromatic N) is 1. The zero-order valence-corrected chi connectivity index (χ0v) is 10.1. The number of aliphatic hydroxyl groups excluding tert-OH is 1. The summed E-state index contributed by atoms with van der Waals surface area (Å²) in [5.74, 6) is 0.695. The number of nitrogens with one attached hydrogen (secondary N) is 1. The van der Waals surface area contributed by atoms with Crippen LogP contribution >= 0.6 is 23.2 Å². The summed E-state index contributed by atoms with van der Waals surface area (Å²) in [6.45, 7) is 1.29. The van der Waals surface area contributed by atoms with Crippen LogP contribution in [0, 0.1) is 0 Å². The molecule has 0 atom stereocenters. The van der Waals surface area contributed by atoms with Crippen LogP contribution in [0.3, 0.4) is 0 Å². The predicted molar refractivity (Wildman–Crippen MR) is 65.1 cm³/mol. The highest BCUT2D eigenvalue weighted by atomic mass is 35.5. The Kier molecular flexibility index (Phi) is 5.62. The number of hydrogen-bond donors (Lipinski definition) is 3. The van der Waals surface area contributed by atoms with Gasteiger partial charge in [0, 0.05) is 6.54 Å². The van der Waals surface area contributed by atoms with Crippen molar-refractivity contribution in [2.24, 2.45) is 0 Å². The minimum absolute atomic E-state index is 0.00684. The molecule has 0 radical (unpaired) electrons. The molecule has 5 nitrogen and oxygen atoms in total. The molecule has 0 fully saturated rings. The van der Waals surface area contributed by atoms with Gasteiger partial charge in [0.2, 0.25) is 0 Å². The van der Waals surface area contributed by atoms with E-state index < -0.39 is 0 Å². The van der Waals surface area contributed by atoms with Crippen LogP contribution in [0.1, 0.15) is 0 Å². The monoisotopic (exact) mass is 265 g/mol. The molecular weight excluding hydrogens is 253 g/mol. The molecule has 1 aromatic heterocycles. The fourth-order valence-electron chi connectivity index (χ4n) is 1.01. The van der Waals surface area contributed by atoms with Crippen LogP contribution in [0.15, 0.2) is 6.07 Å². The lowest BCUT2D eigenvalue weighted by molar-refractivity contribution is 0.0992. The lowest BCUT2D eigenvalue weighted by atomic mass is 10.4. The average Bonchev–Trinajstić information content (AvgIpc) is 2.25. The highest BCUT2D eigenvalue weighted by Gasteiger charge is 2.06. The van der Waals surface area contributed by atoms with Gasteiger partial charge in [-0.25, -0.2) is 4.98 Å². The Bertz CT molecular complexity index is 350. The van der Waals surface area contributed by atoms with Crippen LogP contribution in [0.4, 0.5) is 11.6 Å². The van der Waals surface area contributed by atoms with Crippen molar-refractivity contribution in [3.8, 4) is 0 Å². The molecule has 0 saturated heterocycles. The molecule has 0 spiro atoms. The number of nitrogen functional groups attached to an aromatic ring is 1. The number of aliphatic hydroxyl groups is 1. The second kappa shape index (κ2) is 6.75. The smallest absolute Gasteiger partial charge is 0.147 e. The zero-order valence-electron chi connectivity index (χ0n) is 8.54. The van der Waals surface area contributed by atoms with Gasteiger partial charge in [-0.3, -0.25) is 0 Å². The van der Waals surface area contributed by atoms with Gasteiger partial charge in [-0.2, -0.15) is 0 Å². The summed E-state index contributed by atoms with van der Waals surface area (Å²) in [6, 6.07) is 1.53. The van der Waals surface area contributed by atoms with Crippen LogP contribution in [0.25, 0.3) is 0 Å². The van der Waals surface area contributed by atoms with E-state index in [0.29, 0.717) is 35.6 Å². The van der Waals surface area contributed by atoms with E-state index >= 15 is 0 Å². The average molecular weight is 266 g/mol. The van der Waals surface area contributed by atoms with Crippen molar-refractivity contribution in [3.05, 3.63) is 16.1 Å². The van der Waals surface area contributed by atoms with E-state index in [4.69, 9.17) is 38.8 Å². The van der Waals surface area contributed by atoms with Crippen molar-refractivity contribution in [3.63, 3.8) is 0 Å². The fraction of sp³-hybridized carbons (Fsp3) is 0.444. The summed E-state index contributed by atoms with van der Waals surface area (Å²) in [5, 5.41) is 12.2. The first-order valence-corrected chi connectivity index (χ1v) is 5.44. The number of halogens is 2. The number of anilines is 2. The number of rotatable bonds is 6. The third-order valence-corrected chi connectivity index (χ3v) is 2.32. The zero-order chi connectivity index (χ0) is 12.0. The van der Waals surface area contributed by atoms with Crippen LogP contribution in [-0.2, 0) is 4.74 Å². The molecule has 1 heterocycles. The van der Waals surface area contributed by atoms with E-state index in [0.717, 1.165) is 0 Å². The van der Waals surface area contributed by atoms with Gasteiger partial charge in [0.25, 0.3) is 0 Å². The summed E-state index contributed by atoms with van der Waals surface area (Å²) in [4.78, 5) is 3.99. The van der Waals surface area contributed by atoms with E-state index in [2.05, 4.69) is 10.3 Å². The van der Waals surface area contributed by atoms with Crippen LogP contribution in [-0.4, -0.2) is 36.5 Å². The summed E-state index contributed by atoms with van der Waals surface area (Å²) >= 11 is 11.6. The summed E-state index contributed by atoms with van der Waals surface area (Å²) in [5.41, 5.74) is 5.54. The highest BCUT2D eigenvalue weighted by Crippen LogP contribution is 2.26. The summed E-state index contributed by atoms with van der Waals surface area (Å²) in [6.07, 6.45) is 0. The molecule has 1 rings (SSSR count). The minimum Gasteiger partial charge on any atom is -0.394 e. The normalized spacial score (nSPS) is 10.4. The minimum atomic E-state index is 0.00684. The maximum Gasteiger partial charge on any atom is 0.147 e. The van der Waals surface area contributed by atoms with E-state index in [-0.39, 0.29) is 12.4 Å². The van der Waals surface area contributed by atoms with E-state index in [1.807, 2.05) is 0 Å². The Morgan fingerprint density at radius 1 is 1.38 bits per heavy atom. The quantitative estimate of drug-likeness (QED) is 0.678. The molecule has 0 saturated carbocycles. The molecule has 16 heavy (non-hydrogen) atoms. The second-order valence-corrected chi connectivity index (χ2v) is 3.76. The first kappa shape index (κ1) is 13.3. The molecule has 0 aliphatic heterocycles. The molecule has 0 aliphatic rings. The molecule has 0 amide bonds. The molecule has 7 heteroatoms. The van der Waals surface area contributed by atoms with Gasteiger partial charge in [0.05, 0.1) is 29.9 Å². The van der Waals surface area contributed by atoms with Crippen LogP contribution in [0.5, 0.6) is 0 Å². The van der Waals surface area contributed by atoms with E-state index in [1.165, 1.54) is 6.07 Å². The van der Waals surface area contributed by atoms with Crippen molar-refractivity contribution < 1.29 is 9.84 Å². The molecule has 0 bridgehead atoms. The predicted octanol–water partition coefficient (Wildman–Crippen LogP) is 1.39. The van der Waals surface area contributed by atoms with Gasteiger partial charge in [0.15, 0.2) is 0 Å². The summed E-state index contributed by atoms with van der Waals surface area (Å²) in [7, 11) is 0. The highest BCUT2D eigenvalue weighted by molar-refractivity contribution is 6.37. The van der Waals surface area contributed by atoms with Gasteiger partial charge < -0.3 is 20.9 Å². The summed E-state index contributed by atoms with van der Waals surface area (Å²) < 4.78 is 5.06. The lowest BCUT2D eigenvalue weighted by Gasteiger charge is -2.09. The molecule has 0 aliphatic carbocycles. The van der Waals surface area contributed by atoms with Crippen molar-refractivity contribution >= 4 is 34.8 Å². The largest absolute Gasteiger partial charge is 0.394 e. The van der Waals surface area contributed by atoms with E-state index in [9.17, 15) is 0 Å². The molecule has 0 aromatic carbocycles. The van der Waals surface area contributed by atoms with Crippen LogP contribution < -0.4 is 11.1 Å². The Balaban J connectivity index is 2.45. The van der Waals surface area contributed by atoms with Gasteiger partial charge in [0.1, 0.15) is 11.6 Å². The van der Waals surface area contributed by atoms with Gasteiger partial charge in [-0.15, -0.1) is 0 Å². The molecule has 4 N–H and O–H groups in total. The Labute approximate surface area is 104 Å². The first-order valence-electron chi connectivity index (χ1n) is 4.69. The maximum absolute atomic E-state index is 8.48. The number of pyridine rings is 1. The number of aromatic nitrogens is 1. The van der Waals surface area contributed by atoms with Crippen molar-refractivity contribution in [1.82, 2.24) is 4.98 Å². The number of ether oxygens (including phenoxy) is 1. The fourth-order valence-corrected chi connectivity index (χ4v) is 1.44. The van der Waals surface area contributed by atoms with Crippen molar-refractivity contribution in [2.75, 3.05) is 37.4 Å². The van der Waals surface area contributed by atoms with Gasteiger partial charge in [-0.05, 0) is 6.07 Å². The Morgan fingerprint density at radius 2 is 2.12 bits per heavy atom. The van der Waals surface area contributed by atoms with Gasteiger partial charge >= 0.3 is 0 Å². The molecular formula is C9H13Cl2N3O2. The number of hydrogen-bond acceptors (Lipinski definition) is 5. The van der Waals surface area contributed by atoms with Crippen molar-refractivity contribution in [2.45, 2.75) is 0 Å². The number of nitrogens with two attached hydrogens (primary N) is 1. The third kappa shape index (κ3) is 4.02. The lowest BCUT2D eigenvalue weighted by Crippen LogP contribution is -2.12.